The fourth-order valence-corrected chi connectivity index (χ4v) is 6.46. The standard InChI is InChI=1S/C39H33N5O9/c1-22(45)36-31-17-25(37(44(31)38(36)47)39(48)52-20-23-5-8-26(9-6-23)42-43-40)4-3-15-50-32-14-7-24(16-35(32)49-2)21-51-28-11-13-30-34(19-28)53-33-18-27(46)10-12-29(33)41-30/h3-14,16,18-19,22,31,36,45H,15,17,20-21H2,1-2H3/b4-3+/t22-,31-,36-/m1/s1. The number of rotatable bonds is 13. The first-order valence-electron chi connectivity index (χ1n) is 16.7. The number of ether oxygens (including phenoxy) is 4. The number of esters is 1. The van der Waals surface area contributed by atoms with Gasteiger partial charge < -0.3 is 33.4 Å². The van der Waals surface area contributed by atoms with E-state index in [2.05, 4.69) is 15.0 Å². The molecule has 0 radical (unpaired) electrons. The second-order valence-corrected chi connectivity index (χ2v) is 12.5. The maximum Gasteiger partial charge on any atom is 0.355 e. The second kappa shape index (κ2) is 14.9. The summed E-state index contributed by atoms with van der Waals surface area (Å²) in [6.45, 7) is 1.87. The Morgan fingerprint density at radius 1 is 1.04 bits per heavy atom. The molecule has 0 bridgehead atoms. The molecule has 14 heteroatoms. The van der Waals surface area contributed by atoms with E-state index >= 15 is 0 Å². The van der Waals surface area contributed by atoms with Crippen LogP contribution in [0.3, 0.4) is 0 Å². The first kappa shape index (κ1) is 34.8. The normalized spacial score (nSPS) is 17.0. The van der Waals surface area contributed by atoms with Crippen LogP contribution < -0.4 is 19.6 Å². The fraction of sp³-hybridized carbons (Fsp3) is 0.231. The molecule has 1 fully saturated rings. The third-order valence-corrected chi connectivity index (χ3v) is 9.03. The lowest BCUT2D eigenvalue weighted by molar-refractivity contribution is -0.162. The molecule has 268 valence electrons. The van der Waals surface area contributed by atoms with Gasteiger partial charge in [-0.25, -0.2) is 9.78 Å². The number of azide groups is 1. The molecule has 14 nitrogen and oxygen atoms in total. The molecule has 3 aromatic carbocycles. The molecule has 0 unspecified atom stereocenters. The Labute approximate surface area is 302 Å². The van der Waals surface area contributed by atoms with Crippen molar-refractivity contribution in [3.63, 3.8) is 0 Å². The number of hydrogen-bond donors (Lipinski definition) is 1. The molecule has 0 spiro atoms. The van der Waals surface area contributed by atoms with Crippen molar-refractivity contribution in [1.82, 2.24) is 9.88 Å². The van der Waals surface area contributed by atoms with E-state index in [-0.39, 0.29) is 42.9 Å². The Morgan fingerprint density at radius 2 is 1.85 bits per heavy atom. The molecular weight excluding hydrogens is 682 g/mol. The molecule has 1 N–H and O–H groups in total. The van der Waals surface area contributed by atoms with E-state index < -0.39 is 18.0 Å². The van der Waals surface area contributed by atoms with Crippen molar-refractivity contribution in [2.75, 3.05) is 13.7 Å². The van der Waals surface area contributed by atoms with Gasteiger partial charge in [-0.1, -0.05) is 41.5 Å². The van der Waals surface area contributed by atoms with E-state index in [4.69, 9.17) is 28.9 Å². The lowest BCUT2D eigenvalue weighted by Gasteiger charge is -2.44. The minimum absolute atomic E-state index is 0.0521. The molecule has 4 aliphatic rings. The number of benzene rings is 4. The summed E-state index contributed by atoms with van der Waals surface area (Å²) in [6, 6.07) is 21.4. The van der Waals surface area contributed by atoms with E-state index in [9.17, 15) is 19.5 Å². The van der Waals surface area contributed by atoms with Crippen molar-refractivity contribution in [2.24, 2.45) is 11.0 Å². The number of β-lactam (4-membered cyclic amide) rings is 1. The highest BCUT2D eigenvalue weighted by Gasteiger charge is 2.56. The smallest absolute Gasteiger partial charge is 0.355 e. The van der Waals surface area contributed by atoms with Gasteiger partial charge in [0, 0.05) is 22.7 Å². The van der Waals surface area contributed by atoms with Gasteiger partial charge in [-0.05, 0) is 78.0 Å². The molecule has 53 heavy (non-hydrogen) atoms. The van der Waals surface area contributed by atoms with E-state index in [1.807, 2.05) is 6.07 Å². The van der Waals surface area contributed by atoms with Crippen molar-refractivity contribution >= 4 is 28.7 Å². The molecule has 1 amide bonds. The number of methoxy groups -OCH3 is 1. The minimum Gasteiger partial charge on any atom is -0.493 e. The predicted octanol–water partition coefficient (Wildman–Crippen LogP) is 6.37. The lowest BCUT2D eigenvalue weighted by atomic mass is 9.83. The summed E-state index contributed by atoms with van der Waals surface area (Å²) in [4.78, 5) is 46.7. The van der Waals surface area contributed by atoms with Crippen LogP contribution in [0, 0.1) is 5.92 Å². The van der Waals surface area contributed by atoms with Crippen molar-refractivity contribution in [3.8, 4) is 28.7 Å². The van der Waals surface area contributed by atoms with Crippen LogP contribution in [0.5, 0.6) is 17.2 Å². The van der Waals surface area contributed by atoms with Gasteiger partial charge in [0.1, 0.15) is 42.5 Å². The molecule has 3 aliphatic heterocycles. The fourth-order valence-electron chi connectivity index (χ4n) is 6.46. The van der Waals surface area contributed by atoms with Crippen molar-refractivity contribution in [3.05, 3.63) is 134 Å². The minimum atomic E-state index is -0.863. The quantitative estimate of drug-likeness (QED) is 0.0359. The largest absolute Gasteiger partial charge is 0.493 e. The summed E-state index contributed by atoms with van der Waals surface area (Å²) in [5.74, 6) is 0.329. The number of aromatic nitrogens is 1. The maximum atomic E-state index is 13.3. The van der Waals surface area contributed by atoms with Crippen molar-refractivity contribution in [2.45, 2.75) is 38.7 Å². The Morgan fingerprint density at radius 3 is 2.62 bits per heavy atom. The topological polar surface area (TPSA) is 186 Å². The number of nitrogens with zero attached hydrogens (tertiary/aromatic N) is 5. The summed E-state index contributed by atoms with van der Waals surface area (Å²) < 4.78 is 29.0. The summed E-state index contributed by atoms with van der Waals surface area (Å²) in [5.41, 5.74) is 12.8. The Hall–Kier alpha value is -6.63. The number of allylic oxidation sites excluding steroid dienone is 1. The summed E-state index contributed by atoms with van der Waals surface area (Å²) >= 11 is 0. The highest BCUT2D eigenvalue weighted by molar-refractivity contribution is 6.01. The van der Waals surface area contributed by atoms with Crippen LogP contribution in [0.4, 0.5) is 5.69 Å². The van der Waals surface area contributed by atoms with Gasteiger partial charge in [0.15, 0.2) is 28.3 Å². The average molecular weight is 716 g/mol. The third kappa shape index (κ3) is 7.27. The number of hydrogen-bond acceptors (Lipinski definition) is 11. The first-order chi connectivity index (χ1) is 25.7. The molecular formula is C39H33N5O9. The van der Waals surface area contributed by atoms with E-state index in [1.54, 1.807) is 79.7 Å². The van der Waals surface area contributed by atoms with Gasteiger partial charge in [-0.15, -0.1) is 0 Å². The van der Waals surface area contributed by atoms with E-state index in [0.29, 0.717) is 63.0 Å². The van der Waals surface area contributed by atoms with Crippen LogP contribution >= 0.6 is 0 Å². The Kier molecular flexibility index (Phi) is 9.80. The number of fused-ring (bicyclic) bond motifs is 3. The van der Waals surface area contributed by atoms with Crippen molar-refractivity contribution < 1.29 is 38.1 Å². The summed E-state index contributed by atoms with van der Waals surface area (Å²) in [6.07, 6.45) is 2.99. The zero-order valence-electron chi connectivity index (χ0n) is 28.7. The van der Waals surface area contributed by atoms with Gasteiger partial charge in [-0.2, -0.15) is 0 Å². The number of carbonyl (C=O) groups excluding carboxylic acids is 2. The van der Waals surface area contributed by atoms with E-state index in [1.165, 1.54) is 24.1 Å². The first-order valence-corrected chi connectivity index (χ1v) is 16.7. The summed E-state index contributed by atoms with van der Waals surface area (Å²) in [7, 11) is 1.54. The third-order valence-electron chi connectivity index (χ3n) is 9.03. The van der Waals surface area contributed by atoms with Crippen LogP contribution in [0.25, 0.3) is 33.0 Å². The van der Waals surface area contributed by atoms with Crippen molar-refractivity contribution in [1.29, 1.82) is 0 Å². The zero-order chi connectivity index (χ0) is 37.1. The highest BCUT2D eigenvalue weighted by atomic mass is 16.5. The van der Waals surface area contributed by atoms with Gasteiger partial charge in [0.25, 0.3) is 0 Å². The number of aliphatic hydroxyl groups excluding tert-OH is 1. The Bertz CT molecular complexity index is 2340. The lowest BCUT2D eigenvalue weighted by Crippen LogP contribution is -2.61. The molecule has 3 aromatic rings. The van der Waals surface area contributed by atoms with Crippen LogP contribution in [-0.2, 0) is 27.5 Å². The predicted molar refractivity (Wildman–Crippen MR) is 191 cm³/mol. The van der Waals surface area contributed by atoms with Gasteiger partial charge >= 0.3 is 5.97 Å². The van der Waals surface area contributed by atoms with Crippen LogP contribution in [-0.4, -0.2) is 52.7 Å². The number of aliphatic hydroxyl groups is 1. The monoisotopic (exact) mass is 715 g/mol. The molecule has 1 saturated heterocycles. The van der Waals surface area contributed by atoms with E-state index in [0.717, 1.165) is 5.56 Å². The highest BCUT2D eigenvalue weighted by Crippen LogP contribution is 2.44. The van der Waals surface area contributed by atoms with Gasteiger partial charge in [0.05, 0.1) is 25.2 Å². The zero-order valence-corrected chi connectivity index (χ0v) is 28.7. The molecule has 3 heterocycles. The second-order valence-electron chi connectivity index (χ2n) is 12.5. The summed E-state index contributed by atoms with van der Waals surface area (Å²) in [5, 5.41) is 13.7. The molecule has 7 rings (SSSR count). The SMILES string of the molecule is COc1cc(COc2ccc3nc4ccc(=O)cc-4oc3c2)ccc1OC/C=C/C1=C(C(=O)OCc2ccc(N=[N+]=[N-])cc2)N2C(=O)[C@H]([C@@H](C)O)[C@H]2C1. The number of amides is 1. The van der Waals surface area contributed by atoms with Crippen LogP contribution in [0.15, 0.2) is 117 Å². The molecule has 0 saturated carbocycles. The van der Waals surface area contributed by atoms with Crippen LogP contribution in [0.2, 0.25) is 0 Å². The van der Waals surface area contributed by atoms with Gasteiger partial charge in [0.2, 0.25) is 5.91 Å². The molecule has 0 aromatic heterocycles. The number of carbonyl (C=O) groups is 2. The van der Waals surface area contributed by atoms with Gasteiger partial charge in [-0.3, -0.25) is 9.59 Å². The average Bonchev–Trinajstić information content (AvgIpc) is 3.48. The molecule has 3 atom stereocenters. The molecule has 1 aliphatic carbocycles. The van der Waals surface area contributed by atoms with Crippen LogP contribution in [0.1, 0.15) is 24.5 Å². The Balaban J connectivity index is 0.998. The maximum absolute atomic E-state index is 13.3.